The van der Waals surface area contributed by atoms with Crippen molar-refractivity contribution in [2.75, 3.05) is 44.7 Å². The average molecular weight is 336 g/mol. The quantitative estimate of drug-likeness (QED) is 0.812. The molecular formula is C20H24N4O. The summed E-state index contributed by atoms with van der Waals surface area (Å²) in [4.78, 5) is 9.12. The number of nitriles is 1. The molecule has 1 aromatic heterocycles. The molecule has 0 bridgehead atoms. The van der Waals surface area contributed by atoms with Crippen LogP contribution in [0.25, 0.3) is 0 Å². The number of hydrogen-bond acceptors (Lipinski definition) is 5. The van der Waals surface area contributed by atoms with E-state index >= 15 is 0 Å². The number of piperazine rings is 1. The van der Waals surface area contributed by atoms with Gasteiger partial charge in [0.25, 0.3) is 0 Å². The van der Waals surface area contributed by atoms with E-state index in [0.29, 0.717) is 0 Å². The predicted molar refractivity (Wildman–Crippen MR) is 98.9 cm³/mol. The Labute approximate surface area is 149 Å². The summed E-state index contributed by atoms with van der Waals surface area (Å²) in [5.74, 6) is 0.795. The van der Waals surface area contributed by atoms with Crippen LogP contribution in [0.2, 0.25) is 0 Å². The highest BCUT2D eigenvalue weighted by Gasteiger charge is 2.21. The molecule has 5 nitrogen and oxygen atoms in total. The van der Waals surface area contributed by atoms with Crippen LogP contribution in [0.15, 0.2) is 48.7 Å². The smallest absolute Gasteiger partial charge is 0.142 e. The molecule has 3 rings (SSSR count). The second kappa shape index (κ2) is 8.50. The van der Waals surface area contributed by atoms with E-state index in [1.54, 1.807) is 13.3 Å². The van der Waals surface area contributed by atoms with E-state index in [2.05, 4.69) is 33.0 Å². The molecule has 1 atom stereocenters. The molecular weight excluding hydrogens is 312 g/mol. The minimum Gasteiger partial charge on any atom is -0.495 e. The minimum atomic E-state index is -0.131. The first-order valence-electron chi connectivity index (χ1n) is 8.72. The number of methoxy groups -OCH3 is 1. The van der Waals surface area contributed by atoms with E-state index in [0.717, 1.165) is 56.3 Å². The third-order valence-corrected chi connectivity index (χ3v) is 4.73. The molecule has 0 saturated carbocycles. The van der Waals surface area contributed by atoms with Crippen LogP contribution in [0.1, 0.15) is 18.0 Å². The van der Waals surface area contributed by atoms with Gasteiger partial charge in [-0.2, -0.15) is 5.26 Å². The Morgan fingerprint density at radius 3 is 2.56 bits per heavy atom. The lowest BCUT2D eigenvalue weighted by atomic mass is 10.0. The van der Waals surface area contributed by atoms with Crippen LogP contribution in [-0.2, 0) is 0 Å². The first-order chi connectivity index (χ1) is 12.3. The zero-order valence-electron chi connectivity index (χ0n) is 14.6. The zero-order chi connectivity index (χ0) is 17.5. The Balaban J connectivity index is 1.52. The fourth-order valence-electron chi connectivity index (χ4n) is 3.28. The molecule has 25 heavy (non-hydrogen) atoms. The maximum Gasteiger partial charge on any atom is 0.142 e. The molecule has 0 amide bonds. The summed E-state index contributed by atoms with van der Waals surface area (Å²) in [7, 11) is 1.72. The lowest BCUT2D eigenvalue weighted by Gasteiger charge is -2.36. The summed E-state index contributed by atoms with van der Waals surface area (Å²) in [5.41, 5.74) is 2.03. The number of pyridine rings is 1. The molecule has 1 unspecified atom stereocenters. The van der Waals surface area contributed by atoms with Crippen LogP contribution in [0, 0.1) is 11.3 Å². The number of para-hydroxylation sites is 2. The Hall–Kier alpha value is -2.58. The van der Waals surface area contributed by atoms with Gasteiger partial charge in [0, 0.05) is 32.4 Å². The number of benzene rings is 1. The molecule has 2 heterocycles. The summed E-state index contributed by atoms with van der Waals surface area (Å²) in [6.07, 6.45) is 2.58. The molecule has 1 saturated heterocycles. The van der Waals surface area contributed by atoms with Gasteiger partial charge in [-0.05, 0) is 37.2 Å². The molecule has 0 N–H and O–H groups in total. The molecule has 2 aromatic rings. The molecule has 1 aliphatic rings. The monoisotopic (exact) mass is 336 g/mol. The zero-order valence-corrected chi connectivity index (χ0v) is 14.6. The normalized spacial score (nSPS) is 16.2. The second-order valence-corrected chi connectivity index (χ2v) is 6.23. The summed E-state index contributed by atoms with van der Waals surface area (Å²) >= 11 is 0. The molecule has 1 aliphatic heterocycles. The number of rotatable bonds is 6. The molecule has 0 aliphatic carbocycles. The van der Waals surface area contributed by atoms with Gasteiger partial charge in [-0.1, -0.05) is 18.2 Å². The predicted octanol–water partition coefficient (Wildman–Crippen LogP) is 2.91. The van der Waals surface area contributed by atoms with Crippen LogP contribution in [0.5, 0.6) is 5.75 Å². The second-order valence-electron chi connectivity index (χ2n) is 6.23. The first-order valence-corrected chi connectivity index (χ1v) is 8.72. The Bertz CT molecular complexity index is 705. The standard InChI is InChI=1S/C20H24N4O/c1-25-20-8-3-2-7-19(20)24-14-12-23(13-15-24)11-9-17(16-21)18-6-4-5-10-22-18/h2-8,10,17H,9,11-15H2,1H3. The van der Waals surface area contributed by atoms with Crippen LogP contribution in [0.3, 0.4) is 0 Å². The number of hydrogen-bond donors (Lipinski definition) is 0. The van der Waals surface area contributed by atoms with E-state index in [1.807, 2.05) is 30.3 Å². The number of ether oxygens (including phenoxy) is 1. The van der Waals surface area contributed by atoms with Crippen molar-refractivity contribution in [1.29, 1.82) is 5.26 Å². The van der Waals surface area contributed by atoms with Crippen LogP contribution >= 0.6 is 0 Å². The third kappa shape index (κ3) is 4.28. The summed E-state index contributed by atoms with van der Waals surface area (Å²) < 4.78 is 5.47. The van der Waals surface area contributed by atoms with Crippen LogP contribution < -0.4 is 9.64 Å². The first kappa shape index (κ1) is 17.2. The van der Waals surface area contributed by atoms with Crippen LogP contribution in [0.4, 0.5) is 5.69 Å². The largest absolute Gasteiger partial charge is 0.495 e. The van der Waals surface area contributed by atoms with Crippen molar-refractivity contribution in [3.8, 4) is 11.8 Å². The molecule has 0 spiro atoms. The van der Waals surface area contributed by atoms with E-state index in [4.69, 9.17) is 4.74 Å². The van der Waals surface area contributed by atoms with Gasteiger partial charge in [-0.25, -0.2) is 0 Å². The molecule has 1 fully saturated rings. The molecule has 1 aromatic carbocycles. The van der Waals surface area contributed by atoms with Crippen molar-refractivity contribution < 1.29 is 4.74 Å². The Kier molecular flexibility index (Phi) is 5.86. The highest BCUT2D eigenvalue weighted by Crippen LogP contribution is 2.28. The molecule has 130 valence electrons. The van der Waals surface area contributed by atoms with E-state index in [9.17, 15) is 5.26 Å². The number of aromatic nitrogens is 1. The van der Waals surface area contributed by atoms with Crippen molar-refractivity contribution in [3.05, 3.63) is 54.4 Å². The molecule has 0 radical (unpaired) electrons. The summed E-state index contributed by atoms with van der Waals surface area (Å²) in [6.45, 7) is 4.87. The van der Waals surface area contributed by atoms with Gasteiger partial charge in [0.15, 0.2) is 0 Å². The van der Waals surface area contributed by atoms with E-state index in [-0.39, 0.29) is 5.92 Å². The van der Waals surface area contributed by atoms with Gasteiger partial charge in [0.2, 0.25) is 0 Å². The average Bonchev–Trinajstić information content (AvgIpc) is 2.70. The highest BCUT2D eigenvalue weighted by atomic mass is 16.5. The van der Waals surface area contributed by atoms with Gasteiger partial charge in [0.1, 0.15) is 5.75 Å². The lowest BCUT2D eigenvalue weighted by Crippen LogP contribution is -2.46. The van der Waals surface area contributed by atoms with Crippen molar-refractivity contribution >= 4 is 5.69 Å². The van der Waals surface area contributed by atoms with E-state index < -0.39 is 0 Å². The lowest BCUT2D eigenvalue weighted by molar-refractivity contribution is 0.251. The SMILES string of the molecule is COc1ccccc1N1CCN(CCC(C#N)c2ccccn2)CC1. The van der Waals surface area contributed by atoms with E-state index in [1.165, 1.54) is 0 Å². The topological polar surface area (TPSA) is 52.4 Å². The van der Waals surface area contributed by atoms with Crippen molar-refractivity contribution in [2.24, 2.45) is 0 Å². The number of nitrogens with zero attached hydrogens (tertiary/aromatic N) is 4. The third-order valence-electron chi connectivity index (χ3n) is 4.73. The van der Waals surface area contributed by atoms with Crippen molar-refractivity contribution in [3.63, 3.8) is 0 Å². The van der Waals surface area contributed by atoms with Gasteiger partial charge < -0.3 is 9.64 Å². The van der Waals surface area contributed by atoms with Gasteiger partial charge in [-0.15, -0.1) is 0 Å². The van der Waals surface area contributed by atoms with Crippen LogP contribution in [-0.4, -0.2) is 49.7 Å². The van der Waals surface area contributed by atoms with Crippen molar-refractivity contribution in [2.45, 2.75) is 12.3 Å². The summed E-state index contributed by atoms with van der Waals surface area (Å²) in [6, 6.07) is 16.3. The fourth-order valence-corrected chi connectivity index (χ4v) is 3.28. The summed E-state index contributed by atoms with van der Waals surface area (Å²) in [5, 5.41) is 9.43. The van der Waals surface area contributed by atoms with Gasteiger partial charge in [-0.3, -0.25) is 9.88 Å². The fraction of sp³-hybridized carbons (Fsp3) is 0.400. The number of anilines is 1. The Morgan fingerprint density at radius 1 is 1.12 bits per heavy atom. The maximum atomic E-state index is 9.43. The Morgan fingerprint density at radius 2 is 1.88 bits per heavy atom. The van der Waals surface area contributed by atoms with Gasteiger partial charge in [0.05, 0.1) is 30.5 Å². The molecule has 5 heteroatoms. The maximum absolute atomic E-state index is 9.43. The minimum absolute atomic E-state index is 0.131. The highest BCUT2D eigenvalue weighted by molar-refractivity contribution is 5.58. The van der Waals surface area contributed by atoms with Gasteiger partial charge >= 0.3 is 0 Å². The van der Waals surface area contributed by atoms with Crippen molar-refractivity contribution in [1.82, 2.24) is 9.88 Å².